The van der Waals surface area contributed by atoms with Gasteiger partial charge in [-0.3, -0.25) is 14.9 Å². The molecule has 14 nitrogen and oxygen atoms in total. The molecule has 35 heavy (non-hydrogen) atoms. The minimum absolute atomic E-state index is 0.0684. The summed E-state index contributed by atoms with van der Waals surface area (Å²) in [5.74, 6) is -0.778. The first-order valence-corrected chi connectivity index (χ1v) is 10.9. The molecule has 0 atom stereocenters. The smallest absolute Gasteiger partial charge is 0.432 e. The fraction of sp³-hybridized carbons (Fsp3) is 0.429. The number of amides is 2. The number of likely N-dealkylation sites (tertiary alicyclic amines) is 1. The van der Waals surface area contributed by atoms with Crippen LogP contribution < -0.4 is 10.1 Å². The third kappa shape index (κ3) is 5.01. The highest BCUT2D eigenvalue weighted by Crippen LogP contribution is 2.30. The van der Waals surface area contributed by atoms with Crippen LogP contribution in [0.2, 0.25) is 0 Å². The molecule has 4 rings (SSSR count). The number of anilines is 1. The number of fused-ring (bicyclic) bond motifs is 1. The molecule has 1 aromatic carbocycles. The van der Waals surface area contributed by atoms with E-state index in [1.165, 1.54) is 18.2 Å². The predicted octanol–water partition coefficient (Wildman–Crippen LogP) is 2.08. The summed E-state index contributed by atoms with van der Waals surface area (Å²) in [4.78, 5) is 50.1. The van der Waals surface area contributed by atoms with Crippen molar-refractivity contribution in [1.82, 2.24) is 19.6 Å². The molecule has 1 fully saturated rings. The quantitative estimate of drug-likeness (QED) is 0.416. The normalized spacial score (nSPS) is 16.4. The van der Waals surface area contributed by atoms with Crippen molar-refractivity contribution in [2.75, 3.05) is 32.0 Å². The summed E-state index contributed by atoms with van der Waals surface area (Å²) < 4.78 is 6.56. The number of benzene rings is 1. The van der Waals surface area contributed by atoms with Crippen molar-refractivity contribution in [3.8, 4) is 5.75 Å². The van der Waals surface area contributed by atoms with Crippen LogP contribution >= 0.6 is 0 Å². The van der Waals surface area contributed by atoms with E-state index in [0.717, 1.165) is 30.8 Å². The van der Waals surface area contributed by atoms with Gasteiger partial charge < -0.3 is 30.1 Å². The molecule has 186 valence electrons. The summed E-state index contributed by atoms with van der Waals surface area (Å²) >= 11 is 0. The number of carbonyl (C=O) groups is 3. The first kappa shape index (κ1) is 23.9. The van der Waals surface area contributed by atoms with Crippen LogP contribution in [-0.4, -0.2) is 85.6 Å². The lowest BCUT2D eigenvalue weighted by molar-refractivity contribution is -0.385. The van der Waals surface area contributed by atoms with Gasteiger partial charge in [-0.25, -0.2) is 9.59 Å². The van der Waals surface area contributed by atoms with Crippen LogP contribution in [0.25, 0.3) is 0 Å². The maximum atomic E-state index is 13.0. The number of carbonyl (C=O) groups excluding carboxylic acids is 1. The number of piperidine rings is 1. The van der Waals surface area contributed by atoms with Gasteiger partial charge in [-0.15, -0.1) is 5.10 Å². The lowest BCUT2D eigenvalue weighted by Gasteiger charge is -2.29. The van der Waals surface area contributed by atoms with Crippen LogP contribution in [0.1, 0.15) is 34.5 Å². The SMILES string of the molecule is CN1CCC(Oc2ccc(C(=O)Nc3nn(C(=O)O)c4c3CN(C(=O)O)CC4)c([N+](=O)[O-])c2)CC1. The number of hydrogen-bond acceptors (Lipinski definition) is 8. The Bertz CT molecular complexity index is 1190. The highest BCUT2D eigenvalue weighted by Gasteiger charge is 2.31. The number of nitrogens with one attached hydrogen (secondary N) is 1. The topological polar surface area (TPSA) is 180 Å². The number of aromatic nitrogens is 2. The number of ether oxygens (including phenoxy) is 1. The first-order chi connectivity index (χ1) is 16.6. The monoisotopic (exact) mass is 488 g/mol. The fourth-order valence-corrected chi connectivity index (χ4v) is 4.24. The minimum atomic E-state index is -1.40. The summed E-state index contributed by atoms with van der Waals surface area (Å²) in [6, 6.07) is 3.92. The van der Waals surface area contributed by atoms with Gasteiger partial charge in [0.15, 0.2) is 5.82 Å². The maximum absolute atomic E-state index is 13.0. The van der Waals surface area contributed by atoms with Crippen molar-refractivity contribution >= 4 is 29.6 Å². The molecule has 0 bridgehead atoms. The van der Waals surface area contributed by atoms with Crippen LogP contribution in [0.15, 0.2) is 18.2 Å². The van der Waals surface area contributed by atoms with Crippen molar-refractivity contribution in [3.05, 3.63) is 45.1 Å². The molecule has 1 aromatic heterocycles. The average Bonchev–Trinajstić information content (AvgIpc) is 3.18. The Balaban J connectivity index is 1.58. The number of rotatable bonds is 5. The predicted molar refractivity (Wildman–Crippen MR) is 120 cm³/mol. The van der Waals surface area contributed by atoms with Crippen molar-refractivity contribution in [2.45, 2.75) is 31.9 Å². The van der Waals surface area contributed by atoms with Gasteiger partial charge in [0.2, 0.25) is 0 Å². The Morgan fingerprint density at radius 1 is 1.17 bits per heavy atom. The summed E-state index contributed by atoms with van der Waals surface area (Å²) in [6.07, 6.45) is -1.05. The fourth-order valence-electron chi connectivity index (χ4n) is 4.24. The lowest BCUT2D eigenvalue weighted by Crippen LogP contribution is -2.35. The number of carboxylic acid groups (broad SMARTS) is 2. The van der Waals surface area contributed by atoms with Crippen LogP contribution in [0.3, 0.4) is 0 Å². The van der Waals surface area contributed by atoms with Crippen molar-refractivity contribution < 1.29 is 34.3 Å². The summed E-state index contributed by atoms with van der Waals surface area (Å²) in [7, 11) is 2.00. The third-order valence-corrected chi connectivity index (χ3v) is 6.12. The van der Waals surface area contributed by atoms with Gasteiger partial charge in [-0.1, -0.05) is 0 Å². The van der Waals surface area contributed by atoms with Gasteiger partial charge in [0, 0.05) is 31.6 Å². The Kier molecular flexibility index (Phi) is 6.55. The molecule has 0 spiro atoms. The average molecular weight is 488 g/mol. The van der Waals surface area contributed by atoms with E-state index in [4.69, 9.17) is 4.74 Å². The van der Waals surface area contributed by atoms with E-state index < -0.39 is 28.7 Å². The van der Waals surface area contributed by atoms with Crippen molar-refractivity contribution in [2.24, 2.45) is 0 Å². The van der Waals surface area contributed by atoms with E-state index in [2.05, 4.69) is 15.3 Å². The van der Waals surface area contributed by atoms with Crippen LogP contribution in [0.4, 0.5) is 21.1 Å². The van der Waals surface area contributed by atoms with Gasteiger partial charge >= 0.3 is 12.2 Å². The molecule has 14 heteroatoms. The molecule has 2 aliphatic heterocycles. The van der Waals surface area contributed by atoms with Crippen molar-refractivity contribution in [1.29, 1.82) is 0 Å². The van der Waals surface area contributed by atoms with Gasteiger partial charge in [0.05, 0.1) is 23.2 Å². The molecule has 0 aliphatic carbocycles. The van der Waals surface area contributed by atoms with Crippen molar-refractivity contribution in [3.63, 3.8) is 0 Å². The van der Waals surface area contributed by atoms with E-state index in [9.17, 15) is 34.7 Å². The summed E-state index contributed by atoms with van der Waals surface area (Å²) in [5.41, 5.74) is -0.275. The van der Waals surface area contributed by atoms with E-state index in [0.29, 0.717) is 4.68 Å². The zero-order valence-corrected chi connectivity index (χ0v) is 18.8. The summed E-state index contributed by atoms with van der Waals surface area (Å²) in [5, 5.41) is 36.7. The highest BCUT2D eigenvalue weighted by atomic mass is 16.6. The Morgan fingerprint density at radius 2 is 1.89 bits per heavy atom. The molecule has 3 N–H and O–H groups in total. The number of nitrogens with zero attached hydrogens (tertiary/aromatic N) is 5. The molecule has 3 heterocycles. The first-order valence-electron chi connectivity index (χ1n) is 10.9. The van der Waals surface area contributed by atoms with Crippen LogP contribution in [0, 0.1) is 10.1 Å². The zero-order chi connectivity index (χ0) is 25.3. The minimum Gasteiger partial charge on any atom is -0.490 e. The van der Waals surface area contributed by atoms with E-state index >= 15 is 0 Å². The number of hydrogen-bond donors (Lipinski definition) is 3. The van der Waals surface area contributed by atoms with Gasteiger partial charge in [0.1, 0.15) is 17.4 Å². The Hall–Kier alpha value is -4.20. The molecule has 0 saturated carbocycles. The largest absolute Gasteiger partial charge is 0.490 e. The molecule has 2 aromatic rings. The van der Waals surface area contributed by atoms with Crippen LogP contribution in [0.5, 0.6) is 5.75 Å². The molecule has 0 unspecified atom stereocenters. The molecule has 1 saturated heterocycles. The molecule has 0 radical (unpaired) electrons. The second-order valence-corrected chi connectivity index (χ2v) is 8.43. The van der Waals surface area contributed by atoms with Gasteiger partial charge in [-0.05, 0) is 32.0 Å². The van der Waals surface area contributed by atoms with E-state index in [1.807, 2.05) is 7.05 Å². The zero-order valence-electron chi connectivity index (χ0n) is 18.8. The molecular formula is C21H24N6O8. The second kappa shape index (κ2) is 9.58. The highest BCUT2D eigenvalue weighted by molar-refractivity contribution is 6.07. The Morgan fingerprint density at radius 3 is 2.51 bits per heavy atom. The maximum Gasteiger partial charge on any atom is 0.432 e. The second-order valence-electron chi connectivity index (χ2n) is 8.43. The molecule has 2 amide bonds. The third-order valence-electron chi connectivity index (χ3n) is 6.12. The Labute approximate surface area is 198 Å². The number of nitro groups is 1. The van der Waals surface area contributed by atoms with E-state index in [-0.39, 0.29) is 54.0 Å². The molecular weight excluding hydrogens is 464 g/mol. The molecule has 2 aliphatic rings. The van der Waals surface area contributed by atoms with Crippen LogP contribution in [-0.2, 0) is 13.0 Å². The van der Waals surface area contributed by atoms with Gasteiger partial charge in [0.25, 0.3) is 11.6 Å². The number of nitro benzene ring substituents is 1. The van der Waals surface area contributed by atoms with E-state index in [1.54, 1.807) is 0 Å². The summed E-state index contributed by atoms with van der Waals surface area (Å²) in [6.45, 7) is 1.58. The van der Waals surface area contributed by atoms with Gasteiger partial charge in [-0.2, -0.15) is 4.68 Å². The lowest BCUT2D eigenvalue weighted by atomic mass is 10.1. The standard InChI is InChI=1S/C21H24N6O8/c1-24-7-4-12(5-8-24)35-13-2-3-14(17(10-13)27(33)34)19(28)22-18-15-11-25(20(29)30)9-6-16(15)26(23-18)21(31)32/h2-3,10,12H,4-9,11H2,1H3,(H,29,30)(H,31,32)(H,22,23,28).